The predicted octanol–water partition coefficient (Wildman–Crippen LogP) is 7.66. The highest BCUT2D eigenvalue weighted by Crippen LogP contribution is 2.56. The van der Waals surface area contributed by atoms with Crippen LogP contribution in [0.3, 0.4) is 0 Å². The van der Waals surface area contributed by atoms with Gasteiger partial charge in [0.05, 0.1) is 16.5 Å². The highest BCUT2D eigenvalue weighted by Gasteiger charge is 2.44. The average molecular weight is 667 g/mol. The summed E-state index contributed by atoms with van der Waals surface area (Å²) in [5.74, 6) is -0.801. The molecular weight excluding hydrogens is 635 g/mol. The second-order valence-corrected chi connectivity index (χ2v) is 15.4. The minimum atomic E-state index is -1.89. The smallest absolute Gasteiger partial charge is 0.274 e. The quantitative estimate of drug-likeness (QED) is 0.0477. The number of hydrogen-bond donors (Lipinski definition) is 0. The summed E-state index contributed by atoms with van der Waals surface area (Å²) in [4.78, 5) is 39.4. The number of carbonyl (C=O) groups is 2. The van der Waals surface area contributed by atoms with Crippen LogP contribution in [0.25, 0.3) is 10.8 Å². The Hall–Kier alpha value is -4.19. The van der Waals surface area contributed by atoms with Gasteiger partial charge in [0.15, 0.2) is 0 Å². The molecule has 0 fully saturated rings. The van der Waals surface area contributed by atoms with Crippen LogP contribution in [0.5, 0.6) is 0 Å². The SMILES string of the molecule is O=C1c2ccc(Br)c3c([N+](=O)[O-])ccc(c23)C(=O)N1CCCCCC[P+](c1ccccc1)(c1ccccc1)c1ccccc1. The van der Waals surface area contributed by atoms with E-state index in [2.05, 4.69) is 107 Å². The molecule has 5 aromatic carbocycles. The van der Waals surface area contributed by atoms with Crippen LogP contribution >= 0.6 is 23.2 Å². The van der Waals surface area contributed by atoms with Gasteiger partial charge in [-0.05, 0) is 89.8 Å². The van der Waals surface area contributed by atoms with Gasteiger partial charge in [-0.1, -0.05) is 61.0 Å². The Balaban J connectivity index is 1.18. The highest BCUT2D eigenvalue weighted by atomic mass is 79.9. The van der Waals surface area contributed by atoms with Gasteiger partial charge in [0.1, 0.15) is 23.2 Å². The Kier molecular flexibility index (Phi) is 8.69. The summed E-state index contributed by atoms with van der Waals surface area (Å²) in [5.41, 5.74) is 0.515. The van der Waals surface area contributed by atoms with Gasteiger partial charge >= 0.3 is 0 Å². The van der Waals surface area contributed by atoms with Gasteiger partial charge in [-0.2, -0.15) is 0 Å². The number of non-ortho nitro benzene ring substituents is 1. The van der Waals surface area contributed by atoms with Crippen LogP contribution < -0.4 is 15.9 Å². The van der Waals surface area contributed by atoms with Crippen molar-refractivity contribution >= 4 is 67.4 Å². The molecule has 2 amide bonds. The number of halogens is 1. The number of nitro benzene ring substituents is 1. The molecule has 44 heavy (non-hydrogen) atoms. The van der Waals surface area contributed by atoms with E-state index in [1.165, 1.54) is 32.9 Å². The normalized spacial score (nSPS) is 13.0. The number of hydrogen-bond acceptors (Lipinski definition) is 4. The molecule has 0 bridgehead atoms. The maximum absolute atomic E-state index is 13.5. The zero-order valence-electron chi connectivity index (χ0n) is 24.1. The summed E-state index contributed by atoms with van der Waals surface area (Å²) in [6.07, 6.45) is 4.56. The van der Waals surface area contributed by atoms with E-state index in [1.807, 2.05) is 0 Å². The second kappa shape index (κ2) is 12.8. The van der Waals surface area contributed by atoms with Gasteiger partial charge in [-0.25, -0.2) is 0 Å². The number of nitro groups is 1. The maximum atomic E-state index is 13.5. The summed E-state index contributed by atoms with van der Waals surface area (Å²) in [6, 6.07) is 38.6. The van der Waals surface area contributed by atoms with E-state index in [4.69, 9.17) is 0 Å². The molecule has 0 aromatic heterocycles. The summed E-state index contributed by atoms with van der Waals surface area (Å²) >= 11 is 3.38. The first-order valence-corrected chi connectivity index (χ1v) is 17.5. The lowest BCUT2D eigenvalue weighted by atomic mass is 9.93. The number of imide groups is 1. The van der Waals surface area contributed by atoms with Crippen molar-refractivity contribution in [2.45, 2.75) is 25.7 Å². The molecule has 220 valence electrons. The Morgan fingerprint density at radius 2 is 1.09 bits per heavy atom. The fraction of sp³-hybridized carbons (Fsp3) is 0.167. The average Bonchev–Trinajstić information content (AvgIpc) is 3.06. The van der Waals surface area contributed by atoms with E-state index in [9.17, 15) is 19.7 Å². The number of amides is 2. The van der Waals surface area contributed by atoms with E-state index in [0.717, 1.165) is 25.4 Å². The molecule has 1 aliphatic rings. The van der Waals surface area contributed by atoms with Gasteiger partial charge in [-0.15, -0.1) is 0 Å². The Morgan fingerprint density at radius 1 is 0.614 bits per heavy atom. The van der Waals surface area contributed by atoms with Crippen molar-refractivity contribution in [1.82, 2.24) is 4.90 Å². The minimum Gasteiger partial charge on any atom is -0.274 e. The monoisotopic (exact) mass is 665 g/mol. The van der Waals surface area contributed by atoms with Gasteiger partial charge < -0.3 is 0 Å². The first kappa shape index (κ1) is 29.9. The molecule has 8 heteroatoms. The van der Waals surface area contributed by atoms with E-state index >= 15 is 0 Å². The first-order chi connectivity index (χ1) is 21.4. The molecule has 6 rings (SSSR count). The van der Waals surface area contributed by atoms with Crippen LogP contribution in [0.1, 0.15) is 46.4 Å². The number of nitrogens with zero attached hydrogens (tertiary/aromatic N) is 2. The Morgan fingerprint density at radius 3 is 1.59 bits per heavy atom. The molecule has 0 radical (unpaired) electrons. The number of carbonyl (C=O) groups excluding carboxylic acids is 2. The van der Waals surface area contributed by atoms with Crippen molar-refractivity contribution in [2.24, 2.45) is 0 Å². The van der Waals surface area contributed by atoms with E-state index < -0.39 is 24.0 Å². The lowest BCUT2D eigenvalue weighted by Crippen LogP contribution is -2.41. The molecule has 0 atom stereocenters. The fourth-order valence-electron chi connectivity index (χ4n) is 6.39. The summed E-state index contributed by atoms with van der Waals surface area (Å²) in [6.45, 7) is 0.308. The lowest BCUT2D eigenvalue weighted by molar-refractivity contribution is -0.383. The van der Waals surface area contributed by atoms with Crippen LogP contribution in [0.15, 0.2) is 120 Å². The van der Waals surface area contributed by atoms with Crippen LogP contribution in [-0.2, 0) is 0 Å². The second-order valence-electron chi connectivity index (χ2n) is 11.0. The Bertz CT molecular complexity index is 1730. The maximum Gasteiger partial charge on any atom is 0.278 e. The molecule has 0 saturated heterocycles. The van der Waals surface area contributed by atoms with E-state index in [1.54, 1.807) is 12.1 Å². The number of rotatable bonds is 11. The Labute approximate surface area is 265 Å². The van der Waals surface area contributed by atoms with Crippen LogP contribution in [-0.4, -0.2) is 34.3 Å². The molecule has 1 heterocycles. The molecular formula is C36H31BrN2O4P+. The third-order valence-electron chi connectivity index (χ3n) is 8.45. The molecule has 1 aliphatic heterocycles. The predicted molar refractivity (Wildman–Crippen MR) is 182 cm³/mol. The molecule has 0 N–H and O–H groups in total. The van der Waals surface area contributed by atoms with Crippen molar-refractivity contribution in [1.29, 1.82) is 0 Å². The van der Waals surface area contributed by atoms with Crippen LogP contribution in [0.4, 0.5) is 5.69 Å². The van der Waals surface area contributed by atoms with Crippen LogP contribution in [0.2, 0.25) is 0 Å². The third-order valence-corrected chi connectivity index (χ3v) is 13.6. The summed E-state index contributed by atoms with van der Waals surface area (Å²) in [5, 5.41) is 16.4. The largest absolute Gasteiger partial charge is 0.278 e. The lowest BCUT2D eigenvalue weighted by Gasteiger charge is -2.28. The fourth-order valence-corrected chi connectivity index (χ4v) is 11.3. The standard InChI is InChI=1S/C36H31BrN2O4P/c37-31-22-20-29-33-30(21-23-32(34(31)33)39(42)43)36(41)38(35(29)40)24-12-1-2-13-25-44(26-14-6-3-7-15-26,27-16-8-4-9-17-27)28-18-10-5-11-19-28/h3-11,14-23H,1-2,12-13,24-25H2/q+1. The van der Waals surface area contributed by atoms with Gasteiger partial charge in [0.2, 0.25) is 0 Å². The van der Waals surface area contributed by atoms with Crippen molar-refractivity contribution < 1.29 is 14.5 Å². The van der Waals surface area contributed by atoms with Crippen molar-refractivity contribution in [3.8, 4) is 0 Å². The third kappa shape index (κ3) is 5.36. The van der Waals surface area contributed by atoms with Gasteiger partial charge in [0, 0.05) is 33.6 Å². The van der Waals surface area contributed by atoms with Gasteiger partial charge in [-0.3, -0.25) is 24.6 Å². The summed E-state index contributed by atoms with van der Waals surface area (Å²) in [7, 11) is -1.89. The molecule has 6 nitrogen and oxygen atoms in total. The molecule has 0 unspecified atom stereocenters. The zero-order chi connectivity index (χ0) is 30.7. The van der Waals surface area contributed by atoms with Crippen molar-refractivity contribution in [3.63, 3.8) is 0 Å². The van der Waals surface area contributed by atoms with Crippen molar-refractivity contribution in [2.75, 3.05) is 12.7 Å². The molecule has 0 saturated carbocycles. The molecule has 5 aromatic rings. The topological polar surface area (TPSA) is 80.5 Å². The number of benzene rings is 5. The summed E-state index contributed by atoms with van der Waals surface area (Å²) < 4.78 is 0.485. The molecule has 0 spiro atoms. The highest BCUT2D eigenvalue weighted by molar-refractivity contribution is 9.10. The van der Waals surface area contributed by atoms with Crippen LogP contribution in [0, 0.1) is 10.1 Å². The van der Waals surface area contributed by atoms with Gasteiger partial charge in [0.25, 0.3) is 17.5 Å². The van der Waals surface area contributed by atoms with E-state index in [-0.39, 0.29) is 11.1 Å². The minimum absolute atomic E-state index is 0.132. The zero-order valence-corrected chi connectivity index (χ0v) is 26.5. The molecule has 0 aliphatic carbocycles. The first-order valence-electron chi connectivity index (χ1n) is 14.7. The van der Waals surface area contributed by atoms with Crippen molar-refractivity contribution in [3.05, 3.63) is 141 Å². The number of unbranched alkanes of at least 4 members (excludes halogenated alkanes) is 3. The van der Waals surface area contributed by atoms with E-state index in [0.29, 0.717) is 34.0 Å².